The van der Waals surface area contributed by atoms with Gasteiger partial charge in [0.05, 0.1) is 38.8 Å². The van der Waals surface area contributed by atoms with Gasteiger partial charge in [-0.3, -0.25) is 4.98 Å². The molecule has 7 nitrogen and oxygen atoms in total. The van der Waals surface area contributed by atoms with E-state index in [1.807, 2.05) is 36.5 Å². The topological polar surface area (TPSA) is 100 Å². The number of nitrogens with zero attached hydrogens (tertiary/aromatic N) is 4. The van der Waals surface area contributed by atoms with Crippen LogP contribution in [-0.4, -0.2) is 39.2 Å². The molecular formula is C24H22Cl2N6O. The van der Waals surface area contributed by atoms with Crippen molar-refractivity contribution in [3.05, 3.63) is 64.9 Å². The Kier molecular flexibility index (Phi) is 5.93. The van der Waals surface area contributed by atoms with Crippen molar-refractivity contribution in [1.29, 1.82) is 0 Å². The fraction of sp³-hybridized carbons (Fsp3) is 0.208. The smallest absolute Gasteiger partial charge is 0.152 e. The number of phenols is 1. The van der Waals surface area contributed by atoms with Gasteiger partial charge in [0.15, 0.2) is 5.75 Å². The van der Waals surface area contributed by atoms with Crippen molar-refractivity contribution in [3.8, 4) is 17.0 Å². The lowest BCUT2D eigenvalue weighted by atomic mass is 10.1. The van der Waals surface area contributed by atoms with Gasteiger partial charge in [-0.05, 0) is 55.3 Å². The first-order valence-electron chi connectivity index (χ1n) is 10.7. The minimum absolute atomic E-state index is 0.144. The lowest BCUT2D eigenvalue weighted by Gasteiger charge is -2.31. The molecule has 1 aliphatic heterocycles. The highest BCUT2D eigenvalue weighted by Crippen LogP contribution is 2.36. The molecule has 0 spiro atoms. The van der Waals surface area contributed by atoms with Crippen LogP contribution >= 0.6 is 23.2 Å². The standard InChI is InChI=1S/C24H22Cl2N6O/c25-17-10-14(11-18(26)24(17)33)19-4-5-20-23(31-19)21(7-8-28-20)30-16-3-6-22(29-12-16)32-9-1-2-15(27)13-32/h3-8,10-12,15,33H,1-2,9,13,27H2,(H,28,30)/t15-/m1/s1. The van der Waals surface area contributed by atoms with Crippen LogP contribution in [0.1, 0.15) is 12.8 Å². The number of fused-ring (bicyclic) bond motifs is 1. The van der Waals surface area contributed by atoms with Crippen molar-refractivity contribution < 1.29 is 5.11 Å². The number of pyridine rings is 3. The summed E-state index contributed by atoms with van der Waals surface area (Å²) in [4.78, 5) is 16.1. The Morgan fingerprint density at radius 3 is 2.61 bits per heavy atom. The number of halogens is 2. The number of piperidine rings is 1. The zero-order valence-electron chi connectivity index (χ0n) is 17.7. The van der Waals surface area contributed by atoms with Crippen LogP contribution in [0.4, 0.5) is 17.2 Å². The van der Waals surface area contributed by atoms with Gasteiger partial charge in [0.1, 0.15) is 11.3 Å². The van der Waals surface area contributed by atoms with E-state index in [9.17, 15) is 5.11 Å². The summed E-state index contributed by atoms with van der Waals surface area (Å²) in [6.45, 7) is 1.80. The number of aromatic nitrogens is 3. The molecule has 9 heteroatoms. The first kappa shape index (κ1) is 21.7. The molecule has 0 radical (unpaired) electrons. The minimum atomic E-state index is -0.144. The van der Waals surface area contributed by atoms with Gasteiger partial charge in [0.2, 0.25) is 0 Å². The van der Waals surface area contributed by atoms with Crippen LogP contribution in [0.15, 0.2) is 54.9 Å². The van der Waals surface area contributed by atoms with E-state index in [2.05, 4.69) is 20.2 Å². The normalized spacial score (nSPS) is 16.2. The maximum absolute atomic E-state index is 9.85. The predicted octanol–water partition coefficient (Wildman–Crippen LogP) is 5.38. The summed E-state index contributed by atoms with van der Waals surface area (Å²) in [5.41, 5.74) is 10.5. The van der Waals surface area contributed by atoms with Crippen LogP contribution in [0.25, 0.3) is 22.3 Å². The van der Waals surface area contributed by atoms with Gasteiger partial charge in [-0.25, -0.2) is 9.97 Å². The fourth-order valence-corrected chi connectivity index (χ4v) is 4.51. The third-order valence-electron chi connectivity index (χ3n) is 5.71. The number of hydrogen-bond acceptors (Lipinski definition) is 7. The Labute approximate surface area is 201 Å². The van der Waals surface area contributed by atoms with Gasteiger partial charge in [-0.1, -0.05) is 23.2 Å². The van der Waals surface area contributed by atoms with Gasteiger partial charge in [0, 0.05) is 30.9 Å². The van der Waals surface area contributed by atoms with Crippen molar-refractivity contribution in [2.24, 2.45) is 5.73 Å². The van der Waals surface area contributed by atoms with E-state index in [0.29, 0.717) is 16.8 Å². The van der Waals surface area contributed by atoms with Crippen LogP contribution in [0.3, 0.4) is 0 Å². The summed E-state index contributed by atoms with van der Waals surface area (Å²) in [5, 5.41) is 13.6. The highest BCUT2D eigenvalue weighted by atomic mass is 35.5. The van der Waals surface area contributed by atoms with Crippen molar-refractivity contribution in [2.45, 2.75) is 18.9 Å². The third-order valence-corrected chi connectivity index (χ3v) is 6.28. The van der Waals surface area contributed by atoms with E-state index in [1.165, 1.54) is 0 Å². The Morgan fingerprint density at radius 1 is 1.06 bits per heavy atom. The quantitative estimate of drug-likeness (QED) is 0.360. The zero-order valence-corrected chi connectivity index (χ0v) is 19.2. The fourth-order valence-electron chi connectivity index (χ4n) is 4.02. The number of aromatic hydroxyl groups is 1. The van der Waals surface area contributed by atoms with E-state index in [4.69, 9.17) is 33.9 Å². The molecule has 1 aromatic carbocycles. The number of rotatable bonds is 4. The molecular weight excluding hydrogens is 459 g/mol. The molecule has 0 amide bonds. The van der Waals surface area contributed by atoms with Gasteiger partial charge >= 0.3 is 0 Å². The van der Waals surface area contributed by atoms with Crippen molar-refractivity contribution in [1.82, 2.24) is 15.0 Å². The number of phenolic OH excluding ortho intramolecular Hbond substituents is 1. The highest BCUT2D eigenvalue weighted by Gasteiger charge is 2.18. The first-order valence-corrected chi connectivity index (χ1v) is 11.4. The van der Waals surface area contributed by atoms with E-state index in [1.54, 1.807) is 18.3 Å². The van der Waals surface area contributed by atoms with E-state index < -0.39 is 0 Å². The maximum Gasteiger partial charge on any atom is 0.152 e. The molecule has 168 valence electrons. The second-order valence-corrected chi connectivity index (χ2v) is 8.90. The summed E-state index contributed by atoms with van der Waals surface area (Å²) in [6, 6.07) is 13.1. The monoisotopic (exact) mass is 480 g/mol. The largest absolute Gasteiger partial charge is 0.505 e. The highest BCUT2D eigenvalue weighted by molar-refractivity contribution is 6.37. The Balaban J connectivity index is 1.44. The molecule has 0 bridgehead atoms. The molecule has 1 fully saturated rings. The summed E-state index contributed by atoms with van der Waals surface area (Å²) in [5.74, 6) is 0.783. The molecule has 1 atom stereocenters. The Bertz CT molecular complexity index is 1290. The van der Waals surface area contributed by atoms with E-state index in [-0.39, 0.29) is 21.8 Å². The summed E-state index contributed by atoms with van der Waals surface area (Å²) in [7, 11) is 0. The zero-order chi connectivity index (χ0) is 22.9. The number of anilines is 3. The van der Waals surface area contributed by atoms with Crippen molar-refractivity contribution in [3.63, 3.8) is 0 Å². The van der Waals surface area contributed by atoms with Crippen LogP contribution in [0.5, 0.6) is 5.75 Å². The summed E-state index contributed by atoms with van der Waals surface area (Å²) < 4.78 is 0. The van der Waals surface area contributed by atoms with Crippen LogP contribution in [-0.2, 0) is 0 Å². The molecule has 5 rings (SSSR count). The van der Waals surface area contributed by atoms with Gasteiger partial charge < -0.3 is 21.1 Å². The van der Waals surface area contributed by atoms with E-state index >= 15 is 0 Å². The van der Waals surface area contributed by atoms with Gasteiger partial charge in [-0.2, -0.15) is 0 Å². The predicted molar refractivity (Wildman–Crippen MR) is 134 cm³/mol. The average molecular weight is 481 g/mol. The molecule has 0 aliphatic carbocycles. The van der Waals surface area contributed by atoms with Crippen molar-refractivity contribution >= 4 is 51.4 Å². The van der Waals surface area contributed by atoms with Crippen LogP contribution in [0.2, 0.25) is 10.0 Å². The molecule has 33 heavy (non-hydrogen) atoms. The number of hydrogen-bond donors (Lipinski definition) is 3. The van der Waals surface area contributed by atoms with Gasteiger partial charge in [-0.15, -0.1) is 0 Å². The molecule has 0 saturated carbocycles. The number of benzene rings is 1. The number of nitrogens with one attached hydrogen (secondary N) is 1. The SMILES string of the molecule is N[C@@H]1CCCN(c2ccc(Nc3ccnc4ccc(-c5cc(Cl)c(O)c(Cl)c5)nc34)cn2)C1. The number of nitrogens with two attached hydrogens (primary N) is 1. The first-order chi connectivity index (χ1) is 16.0. The summed E-state index contributed by atoms with van der Waals surface area (Å²) in [6.07, 6.45) is 5.68. The molecule has 1 aliphatic rings. The molecule has 1 saturated heterocycles. The molecule has 0 unspecified atom stereocenters. The second kappa shape index (κ2) is 9.02. The molecule has 4 heterocycles. The summed E-state index contributed by atoms with van der Waals surface area (Å²) >= 11 is 12.2. The molecule has 4 aromatic rings. The molecule has 3 aromatic heterocycles. The Hall–Kier alpha value is -3.13. The lowest BCUT2D eigenvalue weighted by Crippen LogP contribution is -2.43. The lowest BCUT2D eigenvalue weighted by molar-refractivity contribution is 0.476. The third kappa shape index (κ3) is 4.53. The molecule has 4 N–H and O–H groups in total. The van der Waals surface area contributed by atoms with Gasteiger partial charge in [0.25, 0.3) is 0 Å². The second-order valence-electron chi connectivity index (χ2n) is 8.09. The van der Waals surface area contributed by atoms with E-state index in [0.717, 1.165) is 48.6 Å². The maximum atomic E-state index is 9.85. The minimum Gasteiger partial charge on any atom is -0.505 e. The average Bonchev–Trinajstić information content (AvgIpc) is 2.83. The van der Waals surface area contributed by atoms with Crippen LogP contribution in [0, 0.1) is 0 Å². The van der Waals surface area contributed by atoms with Crippen molar-refractivity contribution in [2.75, 3.05) is 23.3 Å². The van der Waals surface area contributed by atoms with Crippen LogP contribution < -0.4 is 16.0 Å². The Morgan fingerprint density at radius 2 is 1.88 bits per heavy atom.